The maximum atomic E-state index is 10.4. The summed E-state index contributed by atoms with van der Waals surface area (Å²) in [6, 6.07) is 11.0. The van der Waals surface area contributed by atoms with Crippen molar-refractivity contribution in [2.75, 3.05) is 13.2 Å². The monoisotopic (exact) mass is 532 g/mol. The second kappa shape index (κ2) is 11.9. The lowest BCUT2D eigenvalue weighted by Gasteiger charge is -2.40. The minimum absolute atomic E-state index is 0.490. The van der Waals surface area contributed by atoms with Crippen molar-refractivity contribution in [2.45, 2.75) is 74.9 Å². The number of ether oxygens (including phenoxy) is 2. The van der Waals surface area contributed by atoms with Crippen LogP contribution in [0.4, 0.5) is 0 Å². The van der Waals surface area contributed by atoms with Crippen LogP contribution in [0.3, 0.4) is 0 Å². The van der Waals surface area contributed by atoms with Gasteiger partial charge in [0.15, 0.2) is 0 Å². The van der Waals surface area contributed by atoms with Crippen LogP contribution in [0.1, 0.15) is 45.6 Å². The van der Waals surface area contributed by atoms with Crippen LogP contribution in [0, 0.1) is 13.8 Å². The molecule has 208 valence electrons. The van der Waals surface area contributed by atoms with E-state index in [1.165, 1.54) is 0 Å². The van der Waals surface area contributed by atoms with Crippen LogP contribution < -0.4 is 0 Å². The highest BCUT2D eigenvalue weighted by atomic mass is 16.6. The minimum Gasteiger partial charge on any atom is -0.394 e. The number of hydrogen-bond acceptors (Lipinski definition) is 10. The molecule has 2 aromatic carbocycles. The molecule has 8 N–H and O–H groups in total. The minimum atomic E-state index is -1.45. The van der Waals surface area contributed by atoms with Crippen molar-refractivity contribution in [1.29, 1.82) is 0 Å². The number of rotatable bonds is 6. The van der Waals surface area contributed by atoms with Crippen molar-refractivity contribution in [3.63, 3.8) is 0 Å². The van der Waals surface area contributed by atoms with Gasteiger partial charge in [-0.3, -0.25) is 0 Å². The van der Waals surface area contributed by atoms with E-state index in [9.17, 15) is 40.9 Å². The molecule has 10 nitrogen and oxygen atoms in total. The Morgan fingerprint density at radius 2 is 0.947 bits per heavy atom. The topological polar surface area (TPSA) is 180 Å². The summed E-state index contributed by atoms with van der Waals surface area (Å²) in [5.41, 5.74) is 4.60. The molecule has 0 spiro atoms. The van der Waals surface area contributed by atoms with Crippen LogP contribution in [-0.4, -0.2) is 103 Å². The SMILES string of the molecule is Cc1cc(C=Cc2ccc([C@H]3O[C@H](CO)[C@@H](O)[C@H](O)[C@@H]3O)c(C)c2)ccc1[C@H]1O[C@H](CO)[C@@H](O)[C@H](O)[C@@H]1O. The second-order valence-corrected chi connectivity index (χ2v) is 10.1. The summed E-state index contributed by atoms with van der Waals surface area (Å²) in [5.74, 6) is 0. The lowest BCUT2D eigenvalue weighted by atomic mass is 9.88. The predicted molar refractivity (Wildman–Crippen MR) is 137 cm³/mol. The molecule has 0 amide bonds. The summed E-state index contributed by atoms with van der Waals surface area (Å²) < 4.78 is 11.4. The van der Waals surface area contributed by atoms with Crippen LogP contribution in [0.25, 0.3) is 12.2 Å². The molecule has 0 aromatic heterocycles. The smallest absolute Gasteiger partial charge is 0.113 e. The van der Waals surface area contributed by atoms with Crippen molar-refractivity contribution < 1.29 is 50.3 Å². The fourth-order valence-corrected chi connectivity index (χ4v) is 5.15. The van der Waals surface area contributed by atoms with Gasteiger partial charge < -0.3 is 50.3 Å². The summed E-state index contributed by atoms with van der Waals surface area (Å²) in [7, 11) is 0. The highest BCUT2D eigenvalue weighted by Crippen LogP contribution is 2.36. The first-order valence-corrected chi connectivity index (χ1v) is 12.6. The van der Waals surface area contributed by atoms with Gasteiger partial charge in [0.2, 0.25) is 0 Å². The van der Waals surface area contributed by atoms with E-state index in [1.807, 2.05) is 50.3 Å². The zero-order chi connectivity index (χ0) is 27.7. The van der Waals surface area contributed by atoms with Gasteiger partial charge in [0.1, 0.15) is 61.0 Å². The zero-order valence-corrected chi connectivity index (χ0v) is 21.2. The van der Waals surface area contributed by atoms with Gasteiger partial charge in [-0.1, -0.05) is 48.6 Å². The molecule has 2 aliphatic rings. The maximum Gasteiger partial charge on any atom is 0.113 e. The van der Waals surface area contributed by atoms with E-state index in [-0.39, 0.29) is 0 Å². The molecule has 10 heteroatoms. The van der Waals surface area contributed by atoms with Crippen LogP contribution in [0.5, 0.6) is 0 Å². The average molecular weight is 533 g/mol. The van der Waals surface area contributed by atoms with Crippen molar-refractivity contribution in [1.82, 2.24) is 0 Å². The zero-order valence-electron chi connectivity index (χ0n) is 21.2. The first-order chi connectivity index (χ1) is 18.1. The Labute approximate surface area is 220 Å². The summed E-state index contributed by atoms with van der Waals surface area (Å²) in [6.45, 7) is 2.70. The highest BCUT2D eigenvalue weighted by Gasteiger charge is 2.45. The summed E-state index contributed by atoms with van der Waals surface area (Å²) in [4.78, 5) is 0. The molecule has 2 aliphatic heterocycles. The van der Waals surface area contributed by atoms with E-state index < -0.39 is 74.3 Å². The molecular weight excluding hydrogens is 496 g/mol. The Bertz CT molecular complexity index is 1050. The number of aryl methyl sites for hydroxylation is 2. The molecular formula is C28H36O10. The quantitative estimate of drug-likeness (QED) is 0.226. The Morgan fingerprint density at radius 1 is 0.579 bits per heavy atom. The van der Waals surface area contributed by atoms with Crippen LogP contribution in [-0.2, 0) is 9.47 Å². The normalized spacial score (nSPS) is 36.1. The molecule has 38 heavy (non-hydrogen) atoms. The van der Waals surface area contributed by atoms with Gasteiger partial charge in [0.05, 0.1) is 13.2 Å². The van der Waals surface area contributed by atoms with Gasteiger partial charge in [-0.05, 0) is 47.2 Å². The molecule has 4 rings (SSSR count). The number of hydrogen-bond donors (Lipinski definition) is 8. The van der Waals surface area contributed by atoms with Crippen LogP contribution in [0.15, 0.2) is 36.4 Å². The molecule has 0 aliphatic carbocycles. The van der Waals surface area contributed by atoms with E-state index >= 15 is 0 Å². The fraction of sp³-hybridized carbons (Fsp3) is 0.500. The molecule has 0 radical (unpaired) electrons. The van der Waals surface area contributed by atoms with Crippen molar-refractivity contribution >= 4 is 12.2 Å². The Morgan fingerprint density at radius 3 is 1.26 bits per heavy atom. The van der Waals surface area contributed by atoms with E-state index in [1.54, 1.807) is 12.1 Å². The largest absolute Gasteiger partial charge is 0.394 e. The number of aliphatic hydroxyl groups is 8. The molecule has 2 heterocycles. The predicted octanol–water partition coefficient (Wildman–Crippen LogP) is -0.496. The molecule has 0 bridgehead atoms. The van der Waals surface area contributed by atoms with Gasteiger partial charge in [-0.2, -0.15) is 0 Å². The Kier molecular flexibility index (Phi) is 9.00. The molecule has 2 fully saturated rings. The fourth-order valence-electron chi connectivity index (χ4n) is 5.15. The third-order valence-corrected chi connectivity index (χ3v) is 7.45. The Hall–Kier alpha value is -2.22. The van der Waals surface area contributed by atoms with Gasteiger partial charge in [0, 0.05) is 0 Å². The van der Waals surface area contributed by atoms with Gasteiger partial charge in [-0.15, -0.1) is 0 Å². The number of benzene rings is 2. The lowest BCUT2D eigenvalue weighted by molar-refractivity contribution is -0.231. The molecule has 0 saturated carbocycles. The third-order valence-electron chi connectivity index (χ3n) is 7.45. The highest BCUT2D eigenvalue weighted by molar-refractivity contribution is 5.70. The molecule has 0 unspecified atom stereocenters. The van der Waals surface area contributed by atoms with Crippen molar-refractivity contribution in [3.8, 4) is 0 Å². The summed E-state index contributed by atoms with van der Waals surface area (Å²) in [5, 5.41) is 80.1. The van der Waals surface area contributed by atoms with Gasteiger partial charge >= 0.3 is 0 Å². The lowest BCUT2D eigenvalue weighted by Crippen LogP contribution is -2.55. The van der Waals surface area contributed by atoms with E-state index in [0.29, 0.717) is 11.1 Å². The number of aliphatic hydroxyl groups excluding tert-OH is 8. The van der Waals surface area contributed by atoms with Crippen LogP contribution >= 0.6 is 0 Å². The van der Waals surface area contributed by atoms with Crippen molar-refractivity contribution in [3.05, 3.63) is 69.8 Å². The Balaban J connectivity index is 1.50. The molecule has 2 saturated heterocycles. The first kappa shape index (κ1) is 28.8. The maximum absolute atomic E-state index is 10.4. The van der Waals surface area contributed by atoms with Crippen molar-refractivity contribution in [2.24, 2.45) is 0 Å². The summed E-state index contributed by atoms with van der Waals surface area (Å²) in [6.07, 6.45) is -8.39. The van der Waals surface area contributed by atoms with Gasteiger partial charge in [-0.25, -0.2) is 0 Å². The van der Waals surface area contributed by atoms with Gasteiger partial charge in [0.25, 0.3) is 0 Å². The van der Waals surface area contributed by atoms with E-state index in [2.05, 4.69) is 0 Å². The average Bonchev–Trinajstić information content (AvgIpc) is 2.90. The second-order valence-electron chi connectivity index (χ2n) is 10.1. The third kappa shape index (κ3) is 5.56. The summed E-state index contributed by atoms with van der Waals surface area (Å²) >= 11 is 0. The van der Waals surface area contributed by atoms with Crippen LogP contribution in [0.2, 0.25) is 0 Å². The van der Waals surface area contributed by atoms with E-state index in [0.717, 1.165) is 22.3 Å². The molecule has 2 aromatic rings. The molecule has 10 atom stereocenters. The van der Waals surface area contributed by atoms with E-state index in [4.69, 9.17) is 9.47 Å². The first-order valence-electron chi connectivity index (χ1n) is 12.6. The standard InChI is InChI=1S/C28H36O10/c1-13-9-15(5-7-17(13)27-25(35)23(33)21(31)19(11-29)37-27)3-4-16-6-8-18(14(2)10-16)28-26(36)24(34)22(32)20(12-30)38-28/h3-10,19-36H,11-12H2,1-2H3/t19-,20-,21-,22-,23+,24+,25+,26+,27-,28-/m1/s1.